The van der Waals surface area contributed by atoms with Crippen LogP contribution in [0.4, 0.5) is 17.6 Å². The normalized spacial score (nSPS) is 12.1. The molecule has 3 rings (SSSR count). The average Bonchev–Trinajstić information content (AvgIpc) is 3.42. The number of carbonyl (C=O) groups excluding carboxylic acids is 2. The van der Waals surface area contributed by atoms with Crippen LogP contribution in [0.25, 0.3) is 11.4 Å². The number of aromatic nitrogens is 3. The monoisotopic (exact) mass is 482 g/mol. The molecule has 11 heteroatoms. The number of Topliss-reactive ketones (excluding diaryl/α,β-unsaturated/α-hetero) is 1. The minimum absolute atomic E-state index is 0.188. The zero-order valence-corrected chi connectivity index (χ0v) is 18.7. The van der Waals surface area contributed by atoms with Crippen LogP contribution in [0.2, 0.25) is 0 Å². The van der Waals surface area contributed by atoms with Crippen LogP contribution < -0.4 is 5.32 Å². The second kappa shape index (κ2) is 9.82. The number of hydrogen-bond acceptors (Lipinski definition) is 5. The minimum atomic E-state index is -4.89. The van der Waals surface area contributed by atoms with Gasteiger partial charge in [-0.15, -0.1) is 11.3 Å². The Morgan fingerprint density at radius 2 is 1.79 bits per heavy atom. The summed E-state index contributed by atoms with van der Waals surface area (Å²) in [5, 5.41) is 9.85. The van der Waals surface area contributed by atoms with E-state index < -0.39 is 17.4 Å². The lowest BCUT2D eigenvalue weighted by atomic mass is 9.92. The van der Waals surface area contributed by atoms with Gasteiger partial charge in [-0.2, -0.15) is 18.3 Å². The first-order valence-electron chi connectivity index (χ1n) is 10.1. The molecule has 0 fully saturated rings. The lowest BCUT2D eigenvalue weighted by Crippen LogP contribution is -2.37. The number of thiophene rings is 1. The Hall–Kier alpha value is -3.08. The van der Waals surface area contributed by atoms with Gasteiger partial charge in [0, 0.05) is 28.8 Å². The second-order valence-electron chi connectivity index (χ2n) is 8.12. The van der Waals surface area contributed by atoms with Crippen LogP contribution in [0.3, 0.4) is 0 Å². The number of alkyl halides is 3. The molecule has 0 saturated heterocycles. The molecule has 0 saturated carbocycles. The van der Waals surface area contributed by atoms with Crippen molar-refractivity contribution in [1.29, 1.82) is 0 Å². The fourth-order valence-corrected chi connectivity index (χ4v) is 3.99. The number of ketones is 1. The molecule has 6 nitrogen and oxygen atoms in total. The van der Waals surface area contributed by atoms with Gasteiger partial charge in [-0.1, -0.05) is 13.8 Å². The summed E-state index contributed by atoms with van der Waals surface area (Å²) in [7, 11) is 0. The highest BCUT2D eigenvalue weighted by atomic mass is 32.1. The van der Waals surface area contributed by atoms with Crippen molar-refractivity contribution in [2.24, 2.45) is 0 Å². The van der Waals surface area contributed by atoms with E-state index >= 15 is 0 Å². The van der Waals surface area contributed by atoms with E-state index in [1.165, 1.54) is 18.2 Å². The molecule has 2 heterocycles. The van der Waals surface area contributed by atoms with E-state index in [0.29, 0.717) is 34.9 Å². The molecule has 176 valence electrons. The summed E-state index contributed by atoms with van der Waals surface area (Å²) in [5.74, 6) is -1.43. The zero-order chi connectivity index (χ0) is 24.2. The number of amides is 1. The summed E-state index contributed by atoms with van der Waals surface area (Å²) in [4.78, 5) is 28.2. The van der Waals surface area contributed by atoms with Gasteiger partial charge < -0.3 is 5.32 Å². The second-order valence-corrected chi connectivity index (χ2v) is 9.29. The molecule has 2 aromatic heterocycles. The van der Waals surface area contributed by atoms with Crippen LogP contribution in [0.5, 0.6) is 0 Å². The number of nitrogens with zero attached hydrogens (tertiary/aromatic N) is 2. The number of hydrogen-bond donors (Lipinski definition) is 2. The number of H-pyrrole nitrogens is 1. The molecular formula is C22H22F4N4O2S. The standard InChI is InChI=1S/C22H22F4N4O2S/c1-21(2,20-28-19(29-30-20)13-6-8-14(23)9-7-13)12-27-17(31)5-3-4-15-10-11-16(33-15)18(32)22(24,25)26/h6-11H,3-5,12H2,1-2H3,(H,27,31)(H,28,29,30). The first-order valence-corrected chi connectivity index (χ1v) is 10.9. The Kier molecular flexibility index (Phi) is 7.31. The largest absolute Gasteiger partial charge is 0.455 e. The smallest absolute Gasteiger partial charge is 0.355 e. The summed E-state index contributed by atoms with van der Waals surface area (Å²) in [5.41, 5.74) is 0.106. The molecule has 0 aliphatic heterocycles. The van der Waals surface area contributed by atoms with Crippen LogP contribution in [-0.2, 0) is 16.6 Å². The molecule has 0 radical (unpaired) electrons. The predicted molar refractivity (Wildman–Crippen MR) is 115 cm³/mol. The highest BCUT2D eigenvalue weighted by molar-refractivity contribution is 7.14. The van der Waals surface area contributed by atoms with Crippen molar-refractivity contribution in [3.05, 3.63) is 57.8 Å². The van der Waals surface area contributed by atoms with E-state index in [4.69, 9.17) is 0 Å². The summed E-state index contributed by atoms with van der Waals surface area (Å²) < 4.78 is 50.6. The van der Waals surface area contributed by atoms with Crippen molar-refractivity contribution in [3.63, 3.8) is 0 Å². The molecule has 33 heavy (non-hydrogen) atoms. The maximum absolute atomic E-state index is 13.1. The van der Waals surface area contributed by atoms with Crippen molar-refractivity contribution >= 4 is 23.0 Å². The van der Waals surface area contributed by atoms with Crippen LogP contribution >= 0.6 is 11.3 Å². The maximum atomic E-state index is 13.1. The number of aryl methyl sites for hydroxylation is 1. The molecule has 0 atom stereocenters. The van der Waals surface area contributed by atoms with Gasteiger partial charge in [-0.25, -0.2) is 9.37 Å². The molecule has 0 aliphatic rings. The van der Waals surface area contributed by atoms with Crippen LogP contribution in [0.15, 0.2) is 36.4 Å². The topological polar surface area (TPSA) is 87.7 Å². The molecule has 3 aromatic rings. The van der Waals surface area contributed by atoms with Gasteiger partial charge in [0.15, 0.2) is 5.82 Å². The first-order chi connectivity index (χ1) is 15.5. The van der Waals surface area contributed by atoms with Crippen molar-refractivity contribution in [1.82, 2.24) is 20.5 Å². The van der Waals surface area contributed by atoms with Crippen molar-refractivity contribution < 1.29 is 27.2 Å². The molecule has 2 N–H and O–H groups in total. The maximum Gasteiger partial charge on any atom is 0.455 e. The van der Waals surface area contributed by atoms with Crippen LogP contribution in [0, 0.1) is 5.82 Å². The van der Waals surface area contributed by atoms with Crippen LogP contribution in [0.1, 0.15) is 47.1 Å². The van der Waals surface area contributed by atoms with Crippen LogP contribution in [-0.4, -0.2) is 39.6 Å². The van der Waals surface area contributed by atoms with Gasteiger partial charge in [0.25, 0.3) is 5.78 Å². The third kappa shape index (κ3) is 6.47. The number of carbonyl (C=O) groups is 2. The molecule has 1 amide bonds. The third-order valence-corrected chi connectivity index (χ3v) is 6.07. The number of halogens is 4. The Morgan fingerprint density at radius 1 is 1.09 bits per heavy atom. The summed E-state index contributed by atoms with van der Waals surface area (Å²) in [6, 6.07) is 8.44. The Balaban J connectivity index is 1.47. The van der Waals surface area contributed by atoms with E-state index in [0.717, 1.165) is 17.4 Å². The minimum Gasteiger partial charge on any atom is -0.355 e. The zero-order valence-electron chi connectivity index (χ0n) is 17.9. The number of nitrogens with one attached hydrogen (secondary N) is 2. The van der Waals surface area contributed by atoms with Gasteiger partial charge >= 0.3 is 6.18 Å². The SMILES string of the molecule is CC(C)(CNC(=O)CCCc1ccc(C(=O)C(F)(F)F)s1)c1nc(-c2ccc(F)cc2)n[nH]1. The Bertz CT molecular complexity index is 1120. The summed E-state index contributed by atoms with van der Waals surface area (Å²) >= 11 is 0.794. The molecule has 0 unspecified atom stereocenters. The number of benzene rings is 1. The highest BCUT2D eigenvalue weighted by Crippen LogP contribution is 2.27. The van der Waals surface area contributed by atoms with Crippen molar-refractivity contribution in [2.75, 3.05) is 6.54 Å². The van der Waals surface area contributed by atoms with Gasteiger partial charge in [-0.05, 0) is 49.2 Å². The molecule has 0 bridgehead atoms. The van der Waals surface area contributed by atoms with Crippen molar-refractivity contribution in [2.45, 2.75) is 44.7 Å². The number of aromatic amines is 1. The lowest BCUT2D eigenvalue weighted by molar-refractivity contribution is -0.121. The van der Waals surface area contributed by atoms with E-state index in [9.17, 15) is 27.2 Å². The van der Waals surface area contributed by atoms with Gasteiger partial charge in [0.2, 0.25) is 5.91 Å². The van der Waals surface area contributed by atoms with Gasteiger partial charge in [0.1, 0.15) is 11.6 Å². The average molecular weight is 483 g/mol. The Labute approximate surface area is 191 Å². The quantitative estimate of drug-likeness (QED) is 0.338. The molecular weight excluding hydrogens is 460 g/mol. The summed E-state index contributed by atoms with van der Waals surface area (Å²) in [6.07, 6.45) is -3.87. The van der Waals surface area contributed by atoms with Gasteiger partial charge in [0.05, 0.1) is 4.88 Å². The van der Waals surface area contributed by atoms with E-state index in [1.54, 1.807) is 12.1 Å². The fraction of sp³-hybridized carbons (Fsp3) is 0.364. The lowest BCUT2D eigenvalue weighted by Gasteiger charge is -2.22. The van der Waals surface area contributed by atoms with E-state index in [-0.39, 0.29) is 29.6 Å². The summed E-state index contributed by atoms with van der Waals surface area (Å²) in [6.45, 7) is 4.05. The predicted octanol–water partition coefficient (Wildman–Crippen LogP) is 4.83. The first kappa shape index (κ1) is 24.6. The molecule has 0 spiro atoms. The van der Waals surface area contributed by atoms with E-state index in [1.807, 2.05) is 13.8 Å². The molecule has 0 aliphatic carbocycles. The third-order valence-electron chi connectivity index (χ3n) is 4.93. The van der Waals surface area contributed by atoms with E-state index in [2.05, 4.69) is 20.5 Å². The van der Waals surface area contributed by atoms with Gasteiger partial charge in [-0.3, -0.25) is 14.7 Å². The highest BCUT2D eigenvalue weighted by Gasteiger charge is 2.40. The van der Waals surface area contributed by atoms with Crippen molar-refractivity contribution in [3.8, 4) is 11.4 Å². The number of rotatable bonds is 9. The molecule has 1 aromatic carbocycles. The fourth-order valence-electron chi connectivity index (χ4n) is 2.98. The Morgan fingerprint density at radius 3 is 2.45 bits per heavy atom.